The summed E-state index contributed by atoms with van der Waals surface area (Å²) < 4.78 is 10.8. The molecule has 6 heteroatoms. The van der Waals surface area contributed by atoms with E-state index in [1.165, 1.54) is 0 Å². The van der Waals surface area contributed by atoms with Crippen LogP contribution in [0.4, 0.5) is 16.2 Å². The average molecular weight is 369 g/mol. The molecule has 0 bridgehead atoms. The molecule has 0 spiro atoms. The van der Waals surface area contributed by atoms with Crippen molar-refractivity contribution in [2.45, 2.75) is 13.8 Å². The molecule has 2 aromatic rings. The number of nitrogens with one attached hydrogen (secondary N) is 1. The predicted molar refractivity (Wildman–Crippen MR) is 108 cm³/mol. The van der Waals surface area contributed by atoms with Crippen LogP contribution in [-0.4, -0.2) is 51.3 Å². The molecule has 1 heterocycles. The molecular weight excluding hydrogens is 342 g/mol. The number of ether oxygens (including phenoxy) is 2. The number of amides is 2. The zero-order chi connectivity index (χ0) is 19.4. The molecule has 1 aliphatic rings. The number of methoxy groups -OCH3 is 2. The van der Waals surface area contributed by atoms with E-state index in [4.69, 9.17) is 9.47 Å². The van der Waals surface area contributed by atoms with Crippen molar-refractivity contribution >= 4 is 17.4 Å². The van der Waals surface area contributed by atoms with Crippen LogP contribution in [-0.2, 0) is 0 Å². The van der Waals surface area contributed by atoms with Gasteiger partial charge in [-0.1, -0.05) is 18.2 Å². The Morgan fingerprint density at radius 2 is 1.63 bits per heavy atom. The summed E-state index contributed by atoms with van der Waals surface area (Å²) >= 11 is 0. The number of aryl methyl sites for hydroxylation is 2. The van der Waals surface area contributed by atoms with Gasteiger partial charge in [-0.25, -0.2) is 4.79 Å². The maximum absolute atomic E-state index is 12.7. The van der Waals surface area contributed by atoms with Gasteiger partial charge in [0.05, 0.1) is 19.9 Å². The van der Waals surface area contributed by atoms with Gasteiger partial charge in [-0.05, 0) is 37.1 Å². The molecule has 2 amide bonds. The molecule has 0 atom stereocenters. The molecule has 0 saturated carbocycles. The second kappa shape index (κ2) is 8.20. The highest BCUT2D eigenvalue weighted by Crippen LogP contribution is 2.32. The van der Waals surface area contributed by atoms with Gasteiger partial charge in [0.25, 0.3) is 0 Å². The number of hydrogen-bond donors (Lipinski definition) is 1. The monoisotopic (exact) mass is 369 g/mol. The number of rotatable bonds is 4. The van der Waals surface area contributed by atoms with E-state index in [9.17, 15) is 4.79 Å². The highest BCUT2D eigenvalue weighted by atomic mass is 16.5. The Balaban J connectivity index is 1.64. The largest absolute Gasteiger partial charge is 0.497 e. The summed E-state index contributed by atoms with van der Waals surface area (Å²) in [5, 5.41) is 3.07. The van der Waals surface area contributed by atoms with Crippen LogP contribution in [0.5, 0.6) is 11.5 Å². The Labute approximate surface area is 160 Å². The highest BCUT2D eigenvalue weighted by molar-refractivity contribution is 5.91. The second-order valence-electron chi connectivity index (χ2n) is 6.71. The van der Waals surface area contributed by atoms with E-state index in [-0.39, 0.29) is 6.03 Å². The van der Waals surface area contributed by atoms with Crippen molar-refractivity contribution in [3.05, 3.63) is 47.5 Å². The van der Waals surface area contributed by atoms with E-state index in [1.54, 1.807) is 14.2 Å². The minimum absolute atomic E-state index is 0.0475. The van der Waals surface area contributed by atoms with Gasteiger partial charge in [0.15, 0.2) is 0 Å². The lowest BCUT2D eigenvalue weighted by Gasteiger charge is -2.36. The second-order valence-corrected chi connectivity index (χ2v) is 6.71. The summed E-state index contributed by atoms with van der Waals surface area (Å²) in [4.78, 5) is 16.8. The first-order valence-electron chi connectivity index (χ1n) is 9.12. The van der Waals surface area contributed by atoms with E-state index in [0.29, 0.717) is 13.1 Å². The van der Waals surface area contributed by atoms with Crippen molar-refractivity contribution in [2.24, 2.45) is 0 Å². The zero-order valence-electron chi connectivity index (χ0n) is 16.4. The maximum Gasteiger partial charge on any atom is 0.321 e. The zero-order valence-corrected chi connectivity index (χ0v) is 16.4. The SMILES string of the molecule is COc1ccc(N2CCN(C(=O)Nc3c(C)cccc3C)CC2)c(OC)c1. The van der Waals surface area contributed by atoms with Crippen LogP contribution in [0.3, 0.4) is 0 Å². The fraction of sp³-hybridized carbons (Fsp3) is 0.381. The number of anilines is 2. The number of hydrogen-bond acceptors (Lipinski definition) is 4. The molecule has 0 unspecified atom stereocenters. The van der Waals surface area contributed by atoms with Gasteiger partial charge in [0, 0.05) is 37.9 Å². The Morgan fingerprint density at radius 3 is 2.22 bits per heavy atom. The Kier molecular flexibility index (Phi) is 5.74. The lowest BCUT2D eigenvalue weighted by atomic mass is 10.1. The lowest BCUT2D eigenvalue weighted by molar-refractivity contribution is 0.208. The number of carbonyl (C=O) groups is 1. The number of para-hydroxylation sites is 1. The van der Waals surface area contributed by atoms with E-state index >= 15 is 0 Å². The van der Waals surface area contributed by atoms with Gasteiger partial charge in [0.2, 0.25) is 0 Å². The number of benzene rings is 2. The molecule has 2 aromatic carbocycles. The van der Waals surface area contributed by atoms with Crippen molar-refractivity contribution in [3.8, 4) is 11.5 Å². The van der Waals surface area contributed by atoms with Gasteiger partial charge >= 0.3 is 6.03 Å². The minimum atomic E-state index is -0.0475. The van der Waals surface area contributed by atoms with Crippen molar-refractivity contribution in [2.75, 3.05) is 50.6 Å². The smallest absolute Gasteiger partial charge is 0.321 e. The Bertz CT molecular complexity index is 794. The molecule has 3 rings (SSSR count). The van der Waals surface area contributed by atoms with Gasteiger partial charge in [-0.15, -0.1) is 0 Å². The first-order chi connectivity index (χ1) is 13.0. The molecule has 0 aromatic heterocycles. The fourth-order valence-electron chi connectivity index (χ4n) is 3.39. The Morgan fingerprint density at radius 1 is 0.963 bits per heavy atom. The number of piperazine rings is 1. The van der Waals surface area contributed by atoms with Crippen molar-refractivity contribution in [1.82, 2.24) is 4.90 Å². The van der Waals surface area contributed by atoms with Crippen LogP contribution in [0.15, 0.2) is 36.4 Å². The highest BCUT2D eigenvalue weighted by Gasteiger charge is 2.23. The normalized spacial score (nSPS) is 14.1. The first-order valence-corrected chi connectivity index (χ1v) is 9.12. The summed E-state index contributed by atoms with van der Waals surface area (Å²) in [7, 11) is 3.30. The summed E-state index contributed by atoms with van der Waals surface area (Å²) in [5.41, 5.74) is 4.07. The fourth-order valence-corrected chi connectivity index (χ4v) is 3.39. The Hall–Kier alpha value is -2.89. The lowest BCUT2D eigenvalue weighted by Crippen LogP contribution is -2.50. The molecule has 27 heavy (non-hydrogen) atoms. The summed E-state index contributed by atoms with van der Waals surface area (Å²) in [6, 6.07) is 11.8. The van der Waals surface area contributed by atoms with Crippen LogP contribution >= 0.6 is 0 Å². The van der Waals surface area contributed by atoms with Crippen LogP contribution in [0, 0.1) is 13.8 Å². The van der Waals surface area contributed by atoms with Crippen LogP contribution in [0.1, 0.15) is 11.1 Å². The predicted octanol–water partition coefficient (Wildman–Crippen LogP) is 3.67. The molecule has 0 radical (unpaired) electrons. The molecule has 1 fully saturated rings. The van der Waals surface area contributed by atoms with Crippen LogP contribution in [0.2, 0.25) is 0 Å². The minimum Gasteiger partial charge on any atom is -0.497 e. The third-order valence-electron chi connectivity index (χ3n) is 5.01. The van der Waals surface area contributed by atoms with E-state index < -0.39 is 0 Å². The molecule has 1 aliphatic heterocycles. The molecule has 6 nitrogen and oxygen atoms in total. The number of carbonyl (C=O) groups excluding carboxylic acids is 1. The quantitative estimate of drug-likeness (QED) is 0.893. The van der Waals surface area contributed by atoms with Crippen molar-refractivity contribution in [3.63, 3.8) is 0 Å². The maximum atomic E-state index is 12.7. The van der Waals surface area contributed by atoms with Crippen LogP contribution < -0.4 is 19.7 Å². The molecule has 1 saturated heterocycles. The van der Waals surface area contributed by atoms with Crippen molar-refractivity contribution in [1.29, 1.82) is 0 Å². The molecule has 1 N–H and O–H groups in total. The first kappa shape index (κ1) is 18.9. The molecule has 0 aliphatic carbocycles. The molecular formula is C21H27N3O3. The van der Waals surface area contributed by atoms with Gasteiger partial charge in [-0.3, -0.25) is 0 Å². The van der Waals surface area contributed by atoms with Gasteiger partial charge < -0.3 is 24.6 Å². The summed E-state index contributed by atoms with van der Waals surface area (Å²) in [6.45, 7) is 6.84. The van der Waals surface area contributed by atoms with E-state index in [2.05, 4.69) is 10.2 Å². The number of nitrogens with zero attached hydrogens (tertiary/aromatic N) is 2. The van der Waals surface area contributed by atoms with E-state index in [1.807, 2.05) is 55.1 Å². The van der Waals surface area contributed by atoms with Crippen LogP contribution in [0.25, 0.3) is 0 Å². The van der Waals surface area contributed by atoms with Gasteiger partial charge in [-0.2, -0.15) is 0 Å². The topological polar surface area (TPSA) is 54.0 Å². The third-order valence-corrected chi connectivity index (χ3v) is 5.01. The summed E-state index contributed by atoms with van der Waals surface area (Å²) in [6.07, 6.45) is 0. The third kappa shape index (κ3) is 4.10. The van der Waals surface area contributed by atoms with Crippen molar-refractivity contribution < 1.29 is 14.3 Å². The van der Waals surface area contributed by atoms with E-state index in [0.717, 1.165) is 47.1 Å². The standard InChI is InChI=1S/C21H27N3O3/c1-15-6-5-7-16(2)20(15)22-21(25)24-12-10-23(11-13-24)18-9-8-17(26-3)14-19(18)27-4/h5-9,14H,10-13H2,1-4H3,(H,22,25). The average Bonchev–Trinajstić information content (AvgIpc) is 2.70. The number of urea groups is 1. The van der Waals surface area contributed by atoms with Gasteiger partial charge in [0.1, 0.15) is 11.5 Å². The summed E-state index contributed by atoms with van der Waals surface area (Å²) in [5.74, 6) is 1.55. The molecule has 144 valence electrons.